The van der Waals surface area contributed by atoms with Crippen LogP contribution in [0.15, 0.2) is 48.5 Å². The smallest absolute Gasteiger partial charge is 0.168 e. The molecular formula is C14H14N2OS. The monoisotopic (exact) mass is 258 g/mol. The van der Waals surface area contributed by atoms with Gasteiger partial charge in [0.2, 0.25) is 0 Å². The van der Waals surface area contributed by atoms with Crippen LogP contribution in [0.4, 0.5) is 5.69 Å². The molecule has 0 spiro atoms. The number of rotatable bonds is 3. The Labute approximate surface area is 112 Å². The summed E-state index contributed by atoms with van der Waals surface area (Å²) in [6.45, 7) is 0. The zero-order chi connectivity index (χ0) is 13.0. The second kappa shape index (κ2) is 5.51. The lowest BCUT2D eigenvalue weighted by molar-refractivity contribution is 0.415. The number of nitrogens with two attached hydrogens (primary N) is 1. The van der Waals surface area contributed by atoms with E-state index < -0.39 is 0 Å². The lowest BCUT2D eigenvalue weighted by Gasteiger charge is -2.11. The van der Waals surface area contributed by atoms with E-state index in [-0.39, 0.29) is 5.11 Å². The van der Waals surface area contributed by atoms with Crippen molar-refractivity contribution in [1.29, 1.82) is 0 Å². The zero-order valence-corrected chi connectivity index (χ0v) is 10.8. The molecule has 2 rings (SSSR count). The molecule has 3 nitrogen and oxygen atoms in total. The summed E-state index contributed by atoms with van der Waals surface area (Å²) in [6.07, 6.45) is 0. The molecule has 0 aliphatic heterocycles. The van der Waals surface area contributed by atoms with Crippen molar-refractivity contribution in [3.8, 4) is 16.9 Å². The largest absolute Gasteiger partial charge is 0.497 e. The van der Waals surface area contributed by atoms with E-state index >= 15 is 0 Å². The summed E-state index contributed by atoms with van der Waals surface area (Å²) in [4.78, 5) is 0. The van der Waals surface area contributed by atoms with Gasteiger partial charge in [-0.2, -0.15) is 0 Å². The highest BCUT2D eigenvalue weighted by molar-refractivity contribution is 7.80. The van der Waals surface area contributed by atoms with Crippen molar-refractivity contribution in [2.24, 2.45) is 5.73 Å². The molecule has 0 aliphatic carbocycles. The number of hydrogen-bond acceptors (Lipinski definition) is 2. The fraction of sp³-hybridized carbons (Fsp3) is 0.0714. The van der Waals surface area contributed by atoms with Gasteiger partial charge in [-0.25, -0.2) is 0 Å². The van der Waals surface area contributed by atoms with Crippen molar-refractivity contribution in [2.75, 3.05) is 12.4 Å². The van der Waals surface area contributed by atoms with E-state index in [0.29, 0.717) is 0 Å². The number of anilines is 1. The maximum atomic E-state index is 5.52. The Bertz CT molecular complexity index is 552. The SMILES string of the molecule is COc1ccc(-c2ccccc2NC(N)=S)cc1. The minimum Gasteiger partial charge on any atom is -0.497 e. The van der Waals surface area contributed by atoms with Gasteiger partial charge in [-0.15, -0.1) is 0 Å². The molecule has 3 N–H and O–H groups in total. The van der Waals surface area contributed by atoms with Gasteiger partial charge in [-0.3, -0.25) is 0 Å². The standard InChI is InChI=1S/C14H14N2OS/c1-17-11-8-6-10(7-9-11)12-4-2-3-5-13(12)16-14(15)18/h2-9H,1H3,(H3,15,16,18). The highest BCUT2D eigenvalue weighted by atomic mass is 32.1. The maximum absolute atomic E-state index is 5.52. The summed E-state index contributed by atoms with van der Waals surface area (Å²) in [5.41, 5.74) is 8.54. The number of ether oxygens (including phenoxy) is 1. The molecule has 0 amide bonds. The molecule has 4 heteroatoms. The lowest BCUT2D eigenvalue weighted by Crippen LogP contribution is -2.19. The minimum absolute atomic E-state index is 0.260. The third kappa shape index (κ3) is 2.78. The first-order valence-electron chi connectivity index (χ1n) is 5.50. The normalized spacial score (nSPS) is 9.83. The molecule has 0 bridgehead atoms. The third-order valence-corrected chi connectivity index (χ3v) is 2.69. The van der Waals surface area contributed by atoms with Crippen molar-refractivity contribution in [1.82, 2.24) is 0 Å². The van der Waals surface area contributed by atoms with Gasteiger partial charge >= 0.3 is 0 Å². The van der Waals surface area contributed by atoms with Crippen LogP contribution in [0.3, 0.4) is 0 Å². The Morgan fingerprint density at radius 2 is 1.78 bits per heavy atom. The Balaban J connectivity index is 2.39. The van der Waals surface area contributed by atoms with Crippen LogP contribution in [-0.4, -0.2) is 12.2 Å². The van der Waals surface area contributed by atoms with E-state index in [4.69, 9.17) is 22.7 Å². The fourth-order valence-corrected chi connectivity index (χ4v) is 1.86. The van der Waals surface area contributed by atoms with Gasteiger partial charge < -0.3 is 15.8 Å². The number of methoxy groups -OCH3 is 1. The summed E-state index contributed by atoms with van der Waals surface area (Å²) in [5.74, 6) is 0.832. The molecule has 0 atom stereocenters. The molecule has 0 aliphatic rings. The predicted octanol–water partition coefficient (Wildman–Crippen LogP) is 3.02. The number of nitrogens with one attached hydrogen (secondary N) is 1. The van der Waals surface area contributed by atoms with Crippen LogP contribution in [0.25, 0.3) is 11.1 Å². The van der Waals surface area contributed by atoms with E-state index in [9.17, 15) is 0 Å². The van der Waals surface area contributed by atoms with Gasteiger partial charge in [-0.1, -0.05) is 30.3 Å². The van der Waals surface area contributed by atoms with Crippen molar-refractivity contribution < 1.29 is 4.74 Å². The summed E-state index contributed by atoms with van der Waals surface area (Å²) in [7, 11) is 1.65. The van der Waals surface area contributed by atoms with Crippen LogP contribution in [0.5, 0.6) is 5.75 Å². The highest BCUT2D eigenvalue weighted by Crippen LogP contribution is 2.28. The molecule has 0 saturated carbocycles. The average Bonchev–Trinajstić information content (AvgIpc) is 2.39. The molecule has 18 heavy (non-hydrogen) atoms. The van der Waals surface area contributed by atoms with Gasteiger partial charge in [0.15, 0.2) is 5.11 Å². The van der Waals surface area contributed by atoms with Crippen LogP contribution in [0.1, 0.15) is 0 Å². The molecular weight excluding hydrogens is 244 g/mol. The van der Waals surface area contributed by atoms with E-state index in [1.165, 1.54) is 0 Å². The highest BCUT2D eigenvalue weighted by Gasteiger charge is 2.04. The van der Waals surface area contributed by atoms with E-state index in [2.05, 4.69) is 5.32 Å². The van der Waals surface area contributed by atoms with Crippen molar-refractivity contribution in [3.05, 3.63) is 48.5 Å². The number of hydrogen-bond donors (Lipinski definition) is 2. The molecule has 92 valence electrons. The summed E-state index contributed by atoms with van der Waals surface area (Å²) in [5, 5.41) is 3.24. The summed E-state index contributed by atoms with van der Waals surface area (Å²) >= 11 is 4.87. The average molecular weight is 258 g/mol. The van der Waals surface area contributed by atoms with Crippen molar-refractivity contribution in [2.45, 2.75) is 0 Å². The van der Waals surface area contributed by atoms with Crippen LogP contribution < -0.4 is 15.8 Å². The molecule has 2 aromatic carbocycles. The van der Waals surface area contributed by atoms with E-state index in [1.807, 2.05) is 48.5 Å². The molecule has 0 heterocycles. The molecule has 0 fully saturated rings. The second-order valence-electron chi connectivity index (χ2n) is 3.76. The zero-order valence-electron chi connectivity index (χ0n) is 10.0. The topological polar surface area (TPSA) is 47.3 Å². The van der Waals surface area contributed by atoms with Crippen molar-refractivity contribution in [3.63, 3.8) is 0 Å². The van der Waals surface area contributed by atoms with Crippen LogP contribution in [-0.2, 0) is 0 Å². The molecule has 0 saturated heterocycles. The van der Waals surface area contributed by atoms with Gasteiger partial charge in [-0.05, 0) is 36.0 Å². The van der Waals surface area contributed by atoms with Crippen LogP contribution in [0.2, 0.25) is 0 Å². The Morgan fingerprint density at radius 1 is 1.11 bits per heavy atom. The van der Waals surface area contributed by atoms with Gasteiger partial charge in [0, 0.05) is 11.3 Å². The summed E-state index contributed by atoms with van der Waals surface area (Å²) < 4.78 is 5.14. The fourth-order valence-electron chi connectivity index (χ4n) is 1.75. The first-order valence-corrected chi connectivity index (χ1v) is 5.91. The number of para-hydroxylation sites is 1. The van der Waals surface area contributed by atoms with Crippen LogP contribution in [0, 0.1) is 0 Å². The van der Waals surface area contributed by atoms with E-state index in [1.54, 1.807) is 7.11 Å². The van der Waals surface area contributed by atoms with Crippen LogP contribution >= 0.6 is 12.2 Å². The molecule has 0 unspecified atom stereocenters. The predicted molar refractivity (Wildman–Crippen MR) is 78.8 cm³/mol. The third-order valence-electron chi connectivity index (χ3n) is 2.59. The quantitative estimate of drug-likeness (QED) is 0.831. The second-order valence-corrected chi connectivity index (χ2v) is 4.20. The minimum atomic E-state index is 0.260. The number of thiocarbonyl (C=S) groups is 1. The van der Waals surface area contributed by atoms with Gasteiger partial charge in [0.1, 0.15) is 5.75 Å². The first-order chi connectivity index (χ1) is 8.70. The molecule has 2 aromatic rings. The first kappa shape index (κ1) is 12.4. The number of benzene rings is 2. The van der Waals surface area contributed by atoms with Gasteiger partial charge in [0.05, 0.1) is 7.11 Å². The Hall–Kier alpha value is -2.07. The maximum Gasteiger partial charge on any atom is 0.168 e. The Morgan fingerprint density at radius 3 is 2.39 bits per heavy atom. The molecule has 0 aromatic heterocycles. The Kier molecular flexibility index (Phi) is 3.79. The van der Waals surface area contributed by atoms with Crippen molar-refractivity contribution >= 4 is 23.0 Å². The summed E-state index contributed by atoms with van der Waals surface area (Å²) in [6, 6.07) is 15.7. The van der Waals surface area contributed by atoms with E-state index in [0.717, 1.165) is 22.6 Å². The lowest BCUT2D eigenvalue weighted by atomic mass is 10.0. The molecule has 0 radical (unpaired) electrons. The van der Waals surface area contributed by atoms with Gasteiger partial charge in [0.25, 0.3) is 0 Å².